The maximum atomic E-state index is 12.5. The van der Waals surface area contributed by atoms with Crippen LogP contribution >= 0.6 is 0 Å². The Bertz CT molecular complexity index is 536. The number of carbonyl (C=O) groups excluding carboxylic acids is 1. The van der Waals surface area contributed by atoms with E-state index in [1.165, 1.54) is 11.3 Å². The zero-order valence-corrected chi connectivity index (χ0v) is 13.7. The smallest absolute Gasteiger partial charge is 0.222 e. The maximum absolute atomic E-state index is 12.5. The van der Waals surface area contributed by atoms with Gasteiger partial charge in [-0.1, -0.05) is 12.1 Å². The van der Waals surface area contributed by atoms with Gasteiger partial charge in [0.2, 0.25) is 5.91 Å². The van der Waals surface area contributed by atoms with E-state index in [4.69, 9.17) is 4.74 Å². The van der Waals surface area contributed by atoms with E-state index in [1.54, 1.807) is 0 Å². The van der Waals surface area contributed by atoms with E-state index >= 15 is 0 Å². The number of ether oxygens (including phenoxy) is 1. The van der Waals surface area contributed by atoms with Gasteiger partial charge in [0.1, 0.15) is 0 Å². The van der Waals surface area contributed by atoms with E-state index in [0.717, 1.165) is 45.6 Å². The van der Waals surface area contributed by atoms with Gasteiger partial charge in [-0.2, -0.15) is 0 Å². The van der Waals surface area contributed by atoms with E-state index < -0.39 is 0 Å². The van der Waals surface area contributed by atoms with Crippen LogP contribution < -0.4 is 4.90 Å². The van der Waals surface area contributed by atoms with Crippen molar-refractivity contribution in [1.29, 1.82) is 0 Å². The molecule has 0 aliphatic carbocycles. The molecule has 1 aromatic carbocycles. The molecule has 2 aliphatic heterocycles. The molecule has 2 aliphatic rings. The largest absolute Gasteiger partial charge is 0.381 e. The van der Waals surface area contributed by atoms with Gasteiger partial charge in [0.25, 0.3) is 0 Å². The molecule has 1 amide bonds. The molecule has 0 aromatic heterocycles. The Morgan fingerprint density at radius 2 is 2.23 bits per heavy atom. The molecule has 0 N–H and O–H groups in total. The van der Waals surface area contributed by atoms with Gasteiger partial charge in [0.15, 0.2) is 0 Å². The third-order valence-electron chi connectivity index (χ3n) is 5.03. The summed E-state index contributed by atoms with van der Waals surface area (Å²) in [6, 6.07) is 8.44. The topological polar surface area (TPSA) is 32.8 Å². The highest BCUT2D eigenvalue weighted by atomic mass is 16.5. The number of amides is 1. The summed E-state index contributed by atoms with van der Waals surface area (Å²) in [5.74, 6) is 0.291. The van der Waals surface area contributed by atoms with Crippen molar-refractivity contribution in [2.45, 2.75) is 25.7 Å². The molecule has 1 unspecified atom stereocenters. The summed E-state index contributed by atoms with van der Waals surface area (Å²) in [5, 5.41) is 0. The zero-order valence-electron chi connectivity index (χ0n) is 13.7. The highest BCUT2D eigenvalue weighted by molar-refractivity contribution is 5.77. The fourth-order valence-electron chi connectivity index (χ4n) is 3.52. The van der Waals surface area contributed by atoms with Crippen molar-refractivity contribution in [1.82, 2.24) is 4.90 Å². The van der Waals surface area contributed by atoms with Crippen LogP contribution in [0.5, 0.6) is 0 Å². The summed E-state index contributed by atoms with van der Waals surface area (Å²) < 4.78 is 5.53. The van der Waals surface area contributed by atoms with Crippen LogP contribution in [-0.2, 0) is 16.0 Å². The molecule has 0 radical (unpaired) electrons. The lowest BCUT2D eigenvalue weighted by Crippen LogP contribution is -2.32. The Kier molecular flexibility index (Phi) is 4.39. The molecule has 1 aromatic rings. The number of rotatable bonds is 4. The van der Waals surface area contributed by atoms with Crippen molar-refractivity contribution >= 4 is 11.6 Å². The number of benzene rings is 1. The summed E-state index contributed by atoms with van der Waals surface area (Å²) >= 11 is 0. The van der Waals surface area contributed by atoms with Crippen LogP contribution in [0.4, 0.5) is 5.69 Å². The average molecular weight is 302 g/mol. The molecule has 120 valence electrons. The second-order valence-electron chi connectivity index (χ2n) is 6.93. The Morgan fingerprint density at radius 3 is 2.95 bits per heavy atom. The summed E-state index contributed by atoms with van der Waals surface area (Å²) in [5.41, 5.74) is 2.69. The van der Waals surface area contributed by atoms with Gasteiger partial charge < -0.3 is 14.5 Å². The fourth-order valence-corrected chi connectivity index (χ4v) is 3.52. The fraction of sp³-hybridized carbons (Fsp3) is 0.611. The lowest BCUT2D eigenvalue weighted by Gasteiger charge is -2.22. The van der Waals surface area contributed by atoms with Gasteiger partial charge in [-0.25, -0.2) is 0 Å². The first kappa shape index (κ1) is 15.3. The minimum absolute atomic E-state index is 0.264. The average Bonchev–Trinajstić information content (AvgIpc) is 3.16. The first-order valence-corrected chi connectivity index (χ1v) is 8.20. The second kappa shape index (κ2) is 6.29. The van der Waals surface area contributed by atoms with Gasteiger partial charge in [-0.05, 0) is 37.0 Å². The van der Waals surface area contributed by atoms with Gasteiger partial charge in [0, 0.05) is 51.3 Å². The van der Waals surface area contributed by atoms with Crippen LogP contribution in [-0.4, -0.2) is 51.2 Å². The van der Waals surface area contributed by atoms with Crippen LogP contribution in [0.3, 0.4) is 0 Å². The third-order valence-corrected chi connectivity index (χ3v) is 5.03. The standard InChI is InChI=1S/C18H26N2O2/c1-19(2)16-5-3-4-15(12-16)6-7-17(21)20-10-8-18(13-20)9-11-22-14-18/h3-5,12H,6-11,13-14H2,1-2H3. The van der Waals surface area contributed by atoms with E-state index in [0.29, 0.717) is 12.3 Å². The number of hydrogen-bond acceptors (Lipinski definition) is 3. The Hall–Kier alpha value is -1.55. The Balaban J connectivity index is 1.53. The van der Waals surface area contributed by atoms with Crippen LogP contribution in [0.15, 0.2) is 24.3 Å². The monoisotopic (exact) mass is 302 g/mol. The van der Waals surface area contributed by atoms with Crippen molar-refractivity contribution < 1.29 is 9.53 Å². The van der Waals surface area contributed by atoms with Crippen molar-refractivity contribution in [3.8, 4) is 0 Å². The molecular formula is C18H26N2O2. The van der Waals surface area contributed by atoms with Crippen LogP contribution in [0.1, 0.15) is 24.8 Å². The Morgan fingerprint density at radius 1 is 1.36 bits per heavy atom. The number of carbonyl (C=O) groups is 1. The van der Waals surface area contributed by atoms with Crippen molar-refractivity contribution in [3.05, 3.63) is 29.8 Å². The van der Waals surface area contributed by atoms with E-state index in [1.807, 2.05) is 19.0 Å². The summed E-state index contributed by atoms with van der Waals surface area (Å²) in [4.78, 5) is 16.6. The highest BCUT2D eigenvalue weighted by Crippen LogP contribution is 2.38. The molecule has 2 heterocycles. The number of likely N-dealkylation sites (tertiary alicyclic amines) is 1. The molecule has 3 rings (SSSR count). The summed E-state index contributed by atoms with van der Waals surface area (Å²) in [6.45, 7) is 3.49. The van der Waals surface area contributed by atoms with Gasteiger partial charge in [0.05, 0.1) is 6.61 Å². The molecule has 1 atom stereocenters. The third kappa shape index (κ3) is 3.27. The molecule has 22 heavy (non-hydrogen) atoms. The Labute approximate surface area is 133 Å². The van der Waals surface area contributed by atoms with E-state index in [9.17, 15) is 4.79 Å². The molecule has 1 spiro atoms. The van der Waals surface area contributed by atoms with Crippen LogP contribution in [0.2, 0.25) is 0 Å². The first-order chi connectivity index (χ1) is 10.6. The summed E-state index contributed by atoms with van der Waals surface area (Å²) in [7, 11) is 4.08. The number of aryl methyl sites for hydroxylation is 1. The quantitative estimate of drug-likeness (QED) is 0.856. The molecule has 2 saturated heterocycles. The lowest BCUT2D eigenvalue weighted by molar-refractivity contribution is -0.130. The predicted octanol–water partition coefficient (Wildman–Crippen LogP) is 2.32. The number of nitrogens with zero attached hydrogens (tertiary/aromatic N) is 2. The SMILES string of the molecule is CN(C)c1cccc(CCC(=O)N2CCC3(CCOC3)C2)c1. The number of hydrogen-bond donors (Lipinski definition) is 0. The van der Waals surface area contributed by atoms with E-state index in [2.05, 4.69) is 29.2 Å². The van der Waals surface area contributed by atoms with Crippen molar-refractivity contribution in [3.63, 3.8) is 0 Å². The predicted molar refractivity (Wildman–Crippen MR) is 88.2 cm³/mol. The molecular weight excluding hydrogens is 276 g/mol. The minimum Gasteiger partial charge on any atom is -0.381 e. The summed E-state index contributed by atoms with van der Waals surface area (Å²) in [6.07, 6.45) is 3.64. The van der Waals surface area contributed by atoms with Crippen molar-refractivity contribution in [2.24, 2.45) is 5.41 Å². The van der Waals surface area contributed by atoms with E-state index in [-0.39, 0.29) is 5.41 Å². The van der Waals surface area contributed by atoms with Gasteiger partial charge in [-0.3, -0.25) is 4.79 Å². The highest BCUT2D eigenvalue weighted by Gasteiger charge is 2.42. The van der Waals surface area contributed by atoms with Crippen LogP contribution in [0, 0.1) is 5.41 Å². The minimum atomic E-state index is 0.264. The molecule has 4 nitrogen and oxygen atoms in total. The first-order valence-electron chi connectivity index (χ1n) is 8.20. The lowest BCUT2D eigenvalue weighted by atomic mass is 9.87. The normalized spacial score (nSPS) is 24.2. The molecule has 0 saturated carbocycles. The molecule has 4 heteroatoms. The van der Waals surface area contributed by atoms with Gasteiger partial charge in [-0.15, -0.1) is 0 Å². The van der Waals surface area contributed by atoms with Crippen molar-refractivity contribution in [2.75, 3.05) is 45.3 Å². The zero-order chi connectivity index (χ0) is 15.6. The molecule has 0 bridgehead atoms. The molecule has 2 fully saturated rings. The second-order valence-corrected chi connectivity index (χ2v) is 6.93. The number of anilines is 1. The van der Waals surface area contributed by atoms with Crippen LogP contribution in [0.25, 0.3) is 0 Å². The maximum Gasteiger partial charge on any atom is 0.222 e. The van der Waals surface area contributed by atoms with Gasteiger partial charge >= 0.3 is 0 Å².